The maximum atomic E-state index is 9.77. The molecule has 0 fully saturated rings. The van der Waals surface area contributed by atoms with Gasteiger partial charge in [-0.25, -0.2) is 4.98 Å². The molecule has 3 aromatic carbocycles. The van der Waals surface area contributed by atoms with Crippen LogP contribution in [-0.2, 0) is 0 Å². The Hall–Kier alpha value is -2.81. The van der Waals surface area contributed by atoms with E-state index in [9.17, 15) is 5.26 Å². The minimum Gasteiger partial charge on any atom is -0.490 e. The minimum absolute atomic E-state index is 0.0516. The smallest absolute Gasteiger partial charge is 0.156 e. The van der Waals surface area contributed by atoms with Gasteiger partial charge in [-0.1, -0.05) is 42.5 Å². The number of fused-ring (bicyclic) bond motifs is 2. The van der Waals surface area contributed by atoms with Crippen LogP contribution in [0.25, 0.3) is 27.1 Å². The summed E-state index contributed by atoms with van der Waals surface area (Å²) in [5.74, 6) is 0.784. The average molecular weight is 403 g/mol. The Bertz CT molecular complexity index is 1190. The van der Waals surface area contributed by atoms with Crippen molar-refractivity contribution in [2.24, 2.45) is 0 Å². The van der Waals surface area contributed by atoms with Crippen molar-refractivity contribution < 1.29 is 4.74 Å². The lowest BCUT2D eigenvalue weighted by Gasteiger charge is -2.15. The zero-order valence-corrected chi connectivity index (χ0v) is 17.2. The van der Waals surface area contributed by atoms with E-state index in [1.165, 1.54) is 11.8 Å². The minimum atomic E-state index is 0.0516. The summed E-state index contributed by atoms with van der Waals surface area (Å²) < 4.78 is 8.00. The van der Waals surface area contributed by atoms with E-state index < -0.39 is 0 Å². The van der Waals surface area contributed by atoms with E-state index in [1.807, 2.05) is 62.4 Å². The summed E-state index contributed by atoms with van der Waals surface area (Å²) in [5.41, 5.74) is 1.89. The molecule has 4 rings (SSSR count). The second kappa shape index (κ2) is 8.05. The molecule has 0 radical (unpaired) electrons. The van der Waals surface area contributed by atoms with Crippen molar-refractivity contribution in [1.29, 1.82) is 5.26 Å². The third-order valence-corrected chi connectivity index (χ3v) is 6.18. The summed E-state index contributed by atoms with van der Waals surface area (Å²) in [6.45, 7) is 4.01. The van der Waals surface area contributed by atoms with Crippen molar-refractivity contribution in [2.45, 2.75) is 24.3 Å². The van der Waals surface area contributed by atoms with Crippen LogP contribution in [0.2, 0.25) is 0 Å². The molecule has 0 unspecified atom stereocenters. The molecule has 0 aliphatic rings. The van der Waals surface area contributed by atoms with Crippen LogP contribution in [0.4, 0.5) is 0 Å². The number of hydrogen-bond acceptors (Lipinski definition) is 5. The first-order valence-electron chi connectivity index (χ1n) is 8.97. The Kier molecular flexibility index (Phi) is 5.34. The van der Waals surface area contributed by atoms with Gasteiger partial charge >= 0.3 is 0 Å². The highest BCUT2D eigenvalue weighted by Crippen LogP contribution is 2.37. The lowest BCUT2D eigenvalue weighted by atomic mass is 10.0. The van der Waals surface area contributed by atoms with Gasteiger partial charge in [0.2, 0.25) is 0 Å². The number of thioether (sulfide) groups is 1. The second-order valence-electron chi connectivity index (χ2n) is 6.54. The highest BCUT2D eigenvalue weighted by molar-refractivity contribution is 8.05. The van der Waals surface area contributed by atoms with Crippen molar-refractivity contribution in [3.05, 3.63) is 71.1 Å². The highest BCUT2D eigenvalue weighted by Gasteiger charge is 2.12. The van der Waals surface area contributed by atoms with Crippen LogP contribution in [0, 0.1) is 11.3 Å². The molecule has 0 atom stereocenters. The largest absolute Gasteiger partial charge is 0.490 e. The summed E-state index contributed by atoms with van der Waals surface area (Å²) in [4.78, 5) is 5.22. The van der Waals surface area contributed by atoms with E-state index in [0.717, 1.165) is 36.6 Å². The molecule has 0 saturated heterocycles. The van der Waals surface area contributed by atoms with Crippen LogP contribution < -0.4 is 4.74 Å². The van der Waals surface area contributed by atoms with E-state index in [1.54, 1.807) is 11.3 Å². The monoisotopic (exact) mass is 402 g/mol. The van der Waals surface area contributed by atoms with Gasteiger partial charge in [-0.2, -0.15) is 5.26 Å². The summed E-state index contributed by atoms with van der Waals surface area (Å²) in [6.07, 6.45) is 1.97. The molecular formula is C23H18N2OS2. The Morgan fingerprint density at radius 3 is 2.68 bits per heavy atom. The average Bonchev–Trinajstić information content (AvgIpc) is 3.11. The molecule has 5 heteroatoms. The first-order valence-corrected chi connectivity index (χ1v) is 10.6. The molecule has 0 amide bonds. The van der Waals surface area contributed by atoms with Gasteiger partial charge in [0.25, 0.3) is 0 Å². The lowest BCUT2D eigenvalue weighted by molar-refractivity contribution is 0.242. The third-order valence-electron chi connectivity index (χ3n) is 4.15. The number of rotatable bonds is 5. The number of hydrogen-bond donors (Lipinski definition) is 0. The van der Waals surface area contributed by atoms with Gasteiger partial charge in [-0.15, -0.1) is 11.3 Å². The quantitative estimate of drug-likeness (QED) is 0.269. The van der Waals surface area contributed by atoms with Crippen molar-refractivity contribution in [3.8, 4) is 11.8 Å². The predicted molar refractivity (Wildman–Crippen MR) is 119 cm³/mol. The van der Waals surface area contributed by atoms with E-state index in [2.05, 4.69) is 29.3 Å². The van der Waals surface area contributed by atoms with Crippen molar-refractivity contribution in [2.75, 3.05) is 0 Å². The van der Waals surface area contributed by atoms with Crippen LogP contribution in [0.1, 0.15) is 19.4 Å². The molecule has 3 nitrogen and oxygen atoms in total. The van der Waals surface area contributed by atoms with Gasteiger partial charge in [-0.3, -0.25) is 0 Å². The van der Waals surface area contributed by atoms with Crippen LogP contribution in [0.3, 0.4) is 0 Å². The first-order chi connectivity index (χ1) is 13.6. The molecule has 0 spiro atoms. The van der Waals surface area contributed by atoms with Gasteiger partial charge in [-0.05, 0) is 60.7 Å². The molecule has 0 aliphatic carbocycles. The van der Waals surface area contributed by atoms with Crippen molar-refractivity contribution in [3.63, 3.8) is 0 Å². The fraction of sp³-hybridized carbons (Fsp3) is 0.130. The van der Waals surface area contributed by atoms with Crippen LogP contribution >= 0.6 is 23.1 Å². The Balaban J connectivity index is 1.78. The summed E-state index contributed by atoms with van der Waals surface area (Å²) in [5, 5.41) is 12.0. The molecule has 4 aromatic rings. The number of nitriles is 1. The fourth-order valence-corrected chi connectivity index (χ4v) is 4.94. The molecule has 138 valence electrons. The summed E-state index contributed by atoms with van der Waals surface area (Å²) in [7, 11) is 0. The molecule has 1 aromatic heterocycles. The first kappa shape index (κ1) is 18.5. The van der Waals surface area contributed by atoms with Crippen LogP contribution in [-0.4, -0.2) is 11.1 Å². The van der Waals surface area contributed by atoms with E-state index in [-0.39, 0.29) is 6.10 Å². The van der Waals surface area contributed by atoms with Crippen molar-refractivity contribution >= 4 is 50.2 Å². The van der Waals surface area contributed by atoms with Gasteiger partial charge in [0, 0.05) is 5.56 Å². The zero-order valence-electron chi connectivity index (χ0n) is 15.5. The maximum Gasteiger partial charge on any atom is 0.156 e. The van der Waals surface area contributed by atoms with Crippen molar-refractivity contribution in [1.82, 2.24) is 4.98 Å². The molecule has 0 saturated carbocycles. The number of benzene rings is 3. The van der Waals surface area contributed by atoms with Gasteiger partial charge in [0.1, 0.15) is 11.8 Å². The maximum absolute atomic E-state index is 9.77. The van der Waals surface area contributed by atoms with E-state index in [0.29, 0.717) is 4.91 Å². The third kappa shape index (κ3) is 3.89. The second-order valence-corrected chi connectivity index (χ2v) is 8.85. The van der Waals surface area contributed by atoms with Gasteiger partial charge in [0.15, 0.2) is 4.34 Å². The summed E-state index contributed by atoms with van der Waals surface area (Å²) in [6, 6.07) is 22.5. The number of thiazole rings is 1. The normalized spacial score (nSPS) is 11.9. The van der Waals surface area contributed by atoms with E-state index in [4.69, 9.17) is 4.74 Å². The highest BCUT2D eigenvalue weighted by atomic mass is 32.2. The lowest BCUT2D eigenvalue weighted by Crippen LogP contribution is -2.06. The molecule has 1 heterocycles. The molecule has 28 heavy (non-hydrogen) atoms. The van der Waals surface area contributed by atoms with Crippen LogP contribution in [0.15, 0.2) is 69.9 Å². The van der Waals surface area contributed by atoms with Crippen LogP contribution in [0.5, 0.6) is 5.75 Å². The topological polar surface area (TPSA) is 45.9 Å². The molecule has 0 aliphatic heterocycles. The standard InChI is InChI=1S/C23H18N2OS2/c1-15(2)26-21-12-11-16-7-3-4-8-18(16)19(21)13-17(14-24)27-23-25-20-9-5-6-10-22(20)28-23/h3-13,15H,1-2H3. The number of nitrogens with zero attached hydrogens (tertiary/aromatic N) is 2. The zero-order chi connectivity index (χ0) is 19.5. The van der Waals surface area contributed by atoms with Gasteiger partial charge < -0.3 is 4.74 Å². The van der Waals surface area contributed by atoms with Gasteiger partial charge in [0.05, 0.1) is 21.2 Å². The number of aromatic nitrogens is 1. The molecule has 0 bridgehead atoms. The Morgan fingerprint density at radius 2 is 1.89 bits per heavy atom. The number of ether oxygens (including phenoxy) is 1. The number of allylic oxidation sites excluding steroid dienone is 1. The molecular weight excluding hydrogens is 384 g/mol. The Morgan fingerprint density at radius 1 is 1.11 bits per heavy atom. The number of para-hydroxylation sites is 1. The summed E-state index contributed by atoms with van der Waals surface area (Å²) >= 11 is 3.00. The predicted octanol–water partition coefficient (Wildman–Crippen LogP) is 6.89. The molecule has 0 N–H and O–H groups in total. The fourth-order valence-electron chi connectivity index (χ4n) is 2.99. The SMILES string of the molecule is CC(C)Oc1ccc2ccccc2c1C=C(C#N)Sc1nc2ccccc2s1. The van der Waals surface area contributed by atoms with E-state index >= 15 is 0 Å². The Labute approximate surface area is 172 Å².